The third-order valence-electron chi connectivity index (χ3n) is 5.30. The summed E-state index contributed by atoms with van der Waals surface area (Å²) < 4.78 is 0. The topological polar surface area (TPSA) is 35.9 Å². The molecule has 5 rings (SSSR count). The minimum Gasteiger partial charge on any atom is -0.337 e. The summed E-state index contributed by atoms with van der Waals surface area (Å²) in [5.41, 5.74) is 5.11. The van der Waals surface area contributed by atoms with E-state index in [9.17, 15) is 4.79 Å². The molecule has 4 nitrogen and oxygen atoms in total. The predicted molar refractivity (Wildman–Crippen MR) is 132 cm³/mol. The number of aliphatic imine (C=N–C) groups is 1. The van der Waals surface area contributed by atoms with Crippen LogP contribution in [-0.2, 0) is 4.79 Å². The molecule has 154 valence electrons. The molecule has 3 aromatic rings. The summed E-state index contributed by atoms with van der Waals surface area (Å²) in [7, 11) is 2.02. The second kappa shape index (κ2) is 7.94. The van der Waals surface area contributed by atoms with Gasteiger partial charge in [0.15, 0.2) is 5.17 Å². The smallest absolute Gasteiger partial charge is 0.274 e. The Balaban J connectivity index is 1.63. The van der Waals surface area contributed by atoms with Crippen LogP contribution < -0.4 is 9.80 Å². The van der Waals surface area contributed by atoms with E-state index in [2.05, 4.69) is 43.0 Å². The Bertz CT molecular complexity index is 1250. The molecule has 2 heterocycles. The van der Waals surface area contributed by atoms with E-state index in [1.807, 2.05) is 55.6 Å². The van der Waals surface area contributed by atoms with Crippen LogP contribution in [0.4, 0.5) is 17.1 Å². The monoisotopic (exact) mass is 443 g/mol. The van der Waals surface area contributed by atoms with Gasteiger partial charge in [-0.05, 0) is 61.5 Å². The quantitative estimate of drug-likeness (QED) is 0.425. The van der Waals surface area contributed by atoms with Crippen LogP contribution in [0.1, 0.15) is 11.1 Å². The summed E-state index contributed by atoms with van der Waals surface area (Å²) >= 11 is 3.08. The first kappa shape index (κ1) is 20.0. The number of thioether (sulfide) groups is 2. The minimum absolute atomic E-state index is 0.0399. The SMILES string of the molecule is Cc1ccc(N=C2S/C(=C3\Sc4ccccc4N3C)C(=O)N2c2ccccc2)c(C)c1. The zero-order chi connectivity index (χ0) is 21.5. The molecule has 0 N–H and O–H groups in total. The number of aryl methyl sites for hydroxylation is 2. The largest absolute Gasteiger partial charge is 0.337 e. The third-order valence-corrected chi connectivity index (χ3v) is 7.69. The molecule has 0 aromatic heterocycles. The molecule has 0 spiro atoms. The van der Waals surface area contributed by atoms with Crippen molar-refractivity contribution in [2.45, 2.75) is 18.7 Å². The van der Waals surface area contributed by atoms with E-state index in [4.69, 9.17) is 4.99 Å². The van der Waals surface area contributed by atoms with E-state index in [0.29, 0.717) is 10.1 Å². The lowest BCUT2D eigenvalue weighted by atomic mass is 10.1. The van der Waals surface area contributed by atoms with E-state index < -0.39 is 0 Å². The van der Waals surface area contributed by atoms with Crippen LogP contribution in [0.5, 0.6) is 0 Å². The summed E-state index contributed by atoms with van der Waals surface area (Å²) in [5.74, 6) is -0.0399. The molecule has 3 aromatic carbocycles. The lowest BCUT2D eigenvalue weighted by molar-refractivity contribution is -0.113. The van der Waals surface area contributed by atoms with Gasteiger partial charge in [0.1, 0.15) is 4.91 Å². The number of hydrogen-bond donors (Lipinski definition) is 0. The Morgan fingerprint density at radius 3 is 2.35 bits per heavy atom. The van der Waals surface area contributed by atoms with Gasteiger partial charge in [0.25, 0.3) is 5.91 Å². The van der Waals surface area contributed by atoms with Crippen molar-refractivity contribution in [3.05, 3.63) is 93.9 Å². The van der Waals surface area contributed by atoms with Gasteiger partial charge in [0, 0.05) is 11.9 Å². The number of rotatable bonds is 2. The number of fused-ring (bicyclic) bond motifs is 1. The molecule has 2 aliphatic rings. The fourth-order valence-electron chi connectivity index (χ4n) is 3.72. The Hall–Kier alpha value is -2.96. The van der Waals surface area contributed by atoms with Gasteiger partial charge in [-0.1, -0.05) is 59.8 Å². The summed E-state index contributed by atoms with van der Waals surface area (Å²) in [6.45, 7) is 4.12. The van der Waals surface area contributed by atoms with Crippen molar-refractivity contribution in [2.75, 3.05) is 16.8 Å². The lowest BCUT2D eigenvalue weighted by Gasteiger charge is -2.17. The summed E-state index contributed by atoms with van der Waals surface area (Å²) in [4.78, 5) is 24.3. The molecule has 1 fully saturated rings. The summed E-state index contributed by atoms with van der Waals surface area (Å²) in [6.07, 6.45) is 0. The van der Waals surface area contributed by atoms with Gasteiger partial charge in [-0.3, -0.25) is 9.69 Å². The lowest BCUT2D eigenvalue weighted by Crippen LogP contribution is -2.29. The number of benzene rings is 3. The minimum atomic E-state index is -0.0399. The van der Waals surface area contributed by atoms with Crippen LogP contribution in [0.25, 0.3) is 0 Å². The highest BCUT2D eigenvalue weighted by molar-refractivity contribution is 8.20. The Kier molecular flexibility index (Phi) is 5.12. The first-order chi connectivity index (χ1) is 15.0. The summed E-state index contributed by atoms with van der Waals surface area (Å²) in [5, 5.41) is 1.62. The highest BCUT2D eigenvalue weighted by Crippen LogP contribution is 2.50. The van der Waals surface area contributed by atoms with Gasteiger partial charge in [-0.15, -0.1) is 0 Å². The van der Waals surface area contributed by atoms with Crippen molar-refractivity contribution in [3.8, 4) is 0 Å². The van der Waals surface area contributed by atoms with Gasteiger partial charge in [0.2, 0.25) is 0 Å². The van der Waals surface area contributed by atoms with Crippen molar-refractivity contribution in [3.63, 3.8) is 0 Å². The van der Waals surface area contributed by atoms with E-state index in [0.717, 1.165) is 32.6 Å². The van der Waals surface area contributed by atoms with Gasteiger partial charge < -0.3 is 4.90 Å². The first-order valence-corrected chi connectivity index (χ1v) is 11.6. The zero-order valence-corrected chi connectivity index (χ0v) is 19.1. The maximum Gasteiger partial charge on any atom is 0.274 e. The first-order valence-electron chi connectivity index (χ1n) is 10.0. The normalized spacial score (nSPS) is 19.5. The van der Waals surface area contributed by atoms with Gasteiger partial charge in [-0.2, -0.15) is 0 Å². The average molecular weight is 444 g/mol. The Labute approximate surface area is 190 Å². The molecule has 1 amide bonds. The number of carbonyl (C=O) groups is 1. The van der Waals surface area contributed by atoms with Crippen LogP contribution in [-0.4, -0.2) is 18.1 Å². The number of hydrogen-bond acceptors (Lipinski definition) is 5. The van der Waals surface area contributed by atoms with E-state index >= 15 is 0 Å². The molecule has 2 aliphatic heterocycles. The second-order valence-electron chi connectivity index (χ2n) is 7.53. The molecule has 0 atom stereocenters. The van der Waals surface area contributed by atoms with E-state index in [1.54, 1.807) is 16.7 Å². The fraction of sp³-hybridized carbons (Fsp3) is 0.120. The molecule has 0 aliphatic carbocycles. The van der Waals surface area contributed by atoms with Crippen LogP contribution in [0, 0.1) is 13.8 Å². The molecule has 1 saturated heterocycles. The van der Waals surface area contributed by atoms with Crippen LogP contribution >= 0.6 is 23.5 Å². The Morgan fingerprint density at radius 1 is 0.871 bits per heavy atom. The van der Waals surface area contributed by atoms with Crippen molar-refractivity contribution >= 4 is 51.7 Å². The third kappa shape index (κ3) is 3.56. The van der Waals surface area contributed by atoms with Crippen molar-refractivity contribution < 1.29 is 4.79 Å². The van der Waals surface area contributed by atoms with Crippen molar-refractivity contribution in [1.29, 1.82) is 0 Å². The molecule has 0 radical (unpaired) electrons. The average Bonchev–Trinajstić information content (AvgIpc) is 3.27. The van der Waals surface area contributed by atoms with Crippen molar-refractivity contribution in [2.24, 2.45) is 4.99 Å². The molecule has 6 heteroatoms. The van der Waals surface area contributed by atoms with Gasteiger partial charge in [0.05, 0.1) is 22.1 Å². The number of carbonyl (C=O) groups excluding carboxylic acids is 1. The van der Waals surface area contributed by atoms with Gasteiger partial charge >= 0.3 is 0 Å². The molecule has 31 heavy (non-hydrogen) atoms. The van der Waals surface area contributed by atoms with Crippen LogP contribution in [0.3, 0.4) is 0 Å². The van der Waals surface area contributed by atoms with E-state index in [-0.39, 0.29) is 5.91 Å². The number of para-hydroxylation sites is 2. The molecule has 0 unspecified atom stereocenters. The van der Waals surface area contributed by atoms with Crippen molar-refractivity contribution in [1.82, 2.24) is 0 Å². The van der Waals surface area contributed by atoms with Crippen LogP contribution in [0.15, 0.2) is 92.6 Å². The van der Waals surface area contributed by atoms with E-state index in [1.165, 1.54) is 17.3 Å². The van der Waals surface area contributed by atoms with Crippen LogP contribution in [0.2, 0.25) is 0 Å². The van der Waals surface area contributed by atoms with Gasteiger partial charge in [-0.25, -0.2) is 4.99 Å². The highest BCUT2D eigenvalue weighted by atomic mass is 32.2. The maximum absolute atomic E-state index is 13.7. The molecular weight excluding hydrogens is 422 g/mol. The summed E-state index contributed by atoms with van der Waals surface area (Å²) in [6, 6.07) is 24.1. The zero-order valence-electron chi connectivity index (χ0n) is 17.5. The molecule has 0 saturated carbocycles. The Morgan fingerprint density at radius 2 is 1.61 bits per heavy atom. The number of amides is 1. The standard InChI is InChI=1S/C25H21N3OS2/c1-16-13-14-19(17(2)15-16)26-25-28(18-9-5-4-6-10-18)23(29)22(31-25)24-27(3)20-11-7-8-12-21(20)30-24/h4-15H,1-3H3/b24-22-,26-25?. The second-order valence-corrected chi connectivity index (χ2v) is 9.53. The number of amidine groups is 1. The highest BCUT2D eigenvalue weighted by Gasteiger charge is 2.40. The maximum atomic E-state index is 13.7. The fourth-order valence-corrected chi connectivity index (χ4v) is 6.06. The predicted octanol–water partition coefficient (Wildman–Crippen LogP) is 6.48. The number of nitrogens with zero attached hydrogens (tertiary/aromatic N) is 3. The number of anilines is 2. The molecule has 0 bridgehead atoms. The molecular formula is C25H21N3OS2.